The zero-order chi connectivity index (χ0) is 11.9. The summed E-state index contributed by atoms with van der Waals surface area (Å²) in [5, 5.41) is 1.75. The van der Waals surface area contributed by atoms with Gasteiger partial charge in [0, 0.05) is 24.7 Å². The van der Waals surface area contributed by atoms with Crippen molar-refractivity contribution < 1.29 is 4.74 Å². The van der Waals surface area contributed by atoms with Crippen LogP contribution in [-0.2, 0) is 13.6 Å². The molecule has 0 aliphatic rings. The molecule has 0 bridgehead atoms. The Kier molecular flexibility index (Phi) is 2.82. The Morgan fingerprint density at radius 2 is 2.12 bits per heavy atom. The Morgan fingerprint density at radius 3 is 2.69 bits per heavy atom. The molecule has 0 aliphatic carbocycles. The van der Waals surface area contributed by atoms with Gasteiger partial charge in [-0.2, -0.15) is 0 Å². The average molecular weight is 239 g/mol. The largest absolute Gasteiger partial charge is 0.496 e. The number of aromatic nitrogens is 1. The first kappa shape index (κ1) is 11.3. The number of ether oxygens (including phenoxy) is 1. The third kappa shape index (κ3) is 1.39. The number of benzene rings is 1. The zero-order valence-electron chi connectivity index (χ0n) is 9.67. The van der Waals surface area contributed by atoms with E-state index in [1.165, 1.54) is 0 Å². The molecule has 2 rings (SSSR count). The van der Waals surface area contributed by atoms with E-state index in [4.69, 9.17) is 22.1 Å². The Bertz CT molecular complexity index is 546. The van der Waals surface area contributed by atoms with Crippen molar-refractivity contribution in [3.63, 3.8) is 0 Å². The molecule has 86 valence electrons. The lowest BCUT2D eigenvalue weighted by Crippen LogP contribution is -1.99. The fraction of sp³-hybridized carbons (Fsp3) is 0.333. The minimum atomic E-state index is 0.486. The van der Waals surface area contributed by atoms with Gasteiger partial charge in [-0.15, -0.1) is 0 Å². The highest BCUT2D eigenvalue weighted by molar-refractivity contribution is 6.35. The molecule has 0 aliphatic heterocycles. The van der Waals surface area contributed by atoms with Crippen LogP contribution in [0.3, 0.4) is 0 Å². The molecule has 0 amide bonds. The van der Waals surface area contributed by atoms with Crippen molar-refractivity contribution in [2.45, 2.75) is 13.5 Å². The van der Waals surface area contributed by atoms with E-state index in [0.29, 0.717) is 6.54 Å². The summed E-state index contributed by atoms with van der Waals surface area (Å²) in [6.45, 7) is 2.53. The van der Waals surface area contributed by atoms with Gasteiger partial charge in [-0.05, 0) is 24.6 Å². The van der Waals surface area contributed by atoms with Gasteiger partial charge in [-0.1, -0.05) is 11.6 Å². The standard InChI is InChI=1S/C12H15ClN2O/c1-7-8(6-14)11-10(16-3)5-4-9(13)12(11)15(7)2/h4-5H,6,14H2,1-3H3. The van der Waals surface area contributed by atoms with Gasteiger partial charge in [0.05, 0.1) is 17.6 Å². The van der Waals surface area contributed by atoms with Crippen LogP contribution in [0, 0.1) is 6.92 Å². The molecule has 1 aromatic heterocycles. The maximum atomic E-state index is 6.22. The van der Waals surface area contributed by atoms with Crippen molar-refractivity contribution in [2.24, 2.45) is 12.8 Å². The number of aryl methyl sites for hydroxylation is 1. The SMILES string of the molecule is COc1ccc(Cl)c2c1c(CN)c(C)n2C. The van der Waals surface area contributed by atoms with E-state index >= 15 is 0 Å². The number of methoxy groups -OCH3 is 1. The summed E-state index contributed by atoms with van der Waals surface area (Å²) < 4.78 is 7.42. The van der Waals surface area contributed by atoms with E-state index < -0.39 is 0 Å². The summed E-state index contributed by atoms with van der Waals surface area (Å²) >= 11 is 6.22. The summed E-state index contributed by atoms with van der Waals surface area (Å²) in [6.07, 6.45) is 0. The van der Waals surface area contributed by atoms with E-state index in [1.54, 1.807) is 7.11 Å². The smallest absolute Gasteiger partial charge is 0.128 e. The monoisotopic (exact) mass is 238 g/mol. The Balaban J connectivity index is 2.98. The number of nitrogens with two attached hydrogens (primary N) is 1. The van der Waals surface area contributed by atoms with Crippen LogP contribution in [0.15, 0.2) is 12.1 Å². The summed E-state index contributed by atoms with van der Waals surface area (Å²) in [5.74, 6) is 0.823. The van der Waals surface area contributed by atoms with Crippen LogP contribution in [0.25, 0.3) is 10.9 Å². The van der Waals surface area contributed by atoms with E-state index in [9.17, 15) is 0 Å². The number of fused-ring (bicyclic) bond motifs is 1. The molecule has 0 unspecified atom stereocenters. The zero-order valence-corrected chi connectivity index (χ0v) is 10.4. The number of hydrogen-bond acceptors (Lipinski definition) is 2. The molecule has 0 radical (unpaired) electrons. The molecule has 0 saturated carbocycles. The number of nitrogens with zero attached hydrogens (tertiary/aromatic N) is 1. The maximum absolute atomic E-state index is 6.22. The van der Waals surface area contributed by atoms with Crippen molar-refractivity contribution in [2.75, 3.05) is 7.11 Å². The maximum Gasteiger partial charge on any atom is 0.128 e. The molecule has 16 heavy (non-hydrogen) atoms. The molecule has 1 heterocycles. The van der Waals surface area contributed by atoms with Crippen LogP contribution in [-0.4, -0.2) is 11.7 Å². The van der Waals surface area contributed by atoms with Crippen LogP contribution in [0.5, 0.6) is 5.75 Å². The first-order valence-electron chi connectivity index (χ1n) is 5.12. The molecule has 2 N–H and O–H groups in total. The fourth-order valence-electron chi connectivity index (χ4n) is 2.14. The molecule has 4 heteroatoms. The Morgan fingerprint density at radius 1 is 1.44 bits per heavy atom. The number of rotatable bonds is 2. The van der Waals surface area contributed by atoms with Crippen LogP contribution in [0.1, 0.15) is 11.3 Å². The Hall–Kier alpha value is -1.19. The Labute approximate surface area is 99.7 Å². The third-order valence-electron chi connectivity index (χ3n) is 3.09. The van der Waals surface area contributed by atoms with E-state index in [2.05, 4.69) is 4.57 Å². The summed E-state index contributed by atoms with van der Waals surface area (Å²) in [7, 11) is 3.65. The molecule has 1 aromatic carbocycles. The van der Waals surface area contributed by atoms with Gasteiger partial charge in [0.1, 0.15) is 5.75 Å². The van der Waals surface area contributed by atoms with Gasteiger partial charge < -0.3 is 15.0 Å². The number of hydrogen-bond donors (Lipinski definition) is 1. The van der Waals surface area contributed by atoms with Gasteiger partial charge >= 0.3 is 0 Å². The van der Waals surface area contributed by atoms with Gasteiger partial charge in [0.2, 0.25) is 0 Å². The average Bonchev–Trinajstić information content (AvgIpc) is 2.54. The van der Waals surface area contributed by atoms with E-state index in [-0.39, 0.29) is 0 Å². The van der Waals surface area contributed by atoms with Gasteiger partial charge in [0.15, 0.2) is 0 Å². The predicted octanol–water partition coefficient (Wildman–Crippen LogP) is 2.61. The van der Waals surface area contributed by atoms with Crippen LogP contribution in [0.4, 0.5) is 0 Å². The normalized spacial score (nSPS) is 11.1. The van der Waals surface area contributed by atoms with Crippen LogP contribution < -0.4 is 10.5 Å². The lowest BCUT2D eigenvalue weighted by molar-refractivity contribution is 0.419. The first-order valence-corrected chi connectivity index (χ1v) is 5.50. The molecule has 0 saturated heterocycles. The van der Waals surface area contributed by atoms with Crippen LogP contribution >= 0.6 is 11.6 Å². The molecular weight excluding hydrogens is 224 g/mol. The summed E-state index contributed by atoms with van der Waals surface area (Å²) in [6, 6.07) is 3.73. The molecule has 3 nitrogen and oxygen atoms in total. The van der Waals surface area contributed by atoms with E-state index in [1.807, 2.05) is 26.1 Å². The van der Waals surface area contributed by atoms with Gasteiger partial charge in [-0.3, -0.25) is 0 Å². The quantitative estimate of drug-likeness (QED) is 0.874. The van der Waals surface area contributed by atoms with Crippen molar-refractivity contribution in [3.05, 3.63) is 28.4 Å². The molecule has 2 aromatic rings. The first-order chi connectivity index (χ1) is 7.61. The molecule has 0 fully saturated rings. The molecular formula is C12H15ClN2O. The second-order valence-electron chi connectivity index (χ2n) is 3.80. The van der Waals surface area contributed by atoms with Crippen molar-refractivity contribution in [3.8, 4) is 5.75 Å². The fourth-order valence-corrected chi connectivity index (χ4v) is 2.42. The highest BCUT2D eigenvalue weighted by Gasteiger charge is 2.16. The highest BCUT2D eigenvalue weighted by atomic mass is 35.5. The summed E-state index contributed by atoms with van der Waals surface area (Å²) in [4.78, 5) is 0. The second-order valence-corrected chi connectivity index (χ2v) is 4.21. The van der Waals surface area contributed by atoms with Crippen LogP contribution in [0.2, 0.25) is 5.02 Å². The van der Waals surface area contributed by atoms with Crippen molar-refractivity contribution in [1.29, 1.82) is 0 Å². The lowest BCUT2D eigenvalue weighted by Gasteiger charge is -2.05. The van der Waals surface area contributed by atoms with Crippen molar-refractivity contribution in [1.82, 2.24) is 4.57 Å². The second kappa shape index (κ2) is 4.00. The van der Waals surface area contributed by atoms with E-state index in [0.717, 1.165) is 32.9 Å². The molecule has 0 spiro atoms. The minimum absolute atomic E-state index is 0.486. The lowest BCUT2D eigenvalue weighted by atomic mass is 10.1. The minimum Gasteiger partial charge on any atom is -0.496 e. The van der Waals surface area contributed by atoms with Crippen molar-refractivity contribution >= 4 is 22.5 Å². The molecule has 0 atom stereocenters. The highest BCUT2D eigenvalue weighted by Crippen LogP contribution is 2.36. The predicted molar refractivity (Wildman–Crippen MR) is 67.1 cm³/mol. The summed E-state index contributed by atoms with van der Waals surface area (Å²) in [5.41, 5.74) is 9.00. The van der Waals surface area contributed by atoms with Gasteiger partial charge in [-0.25, -0.2) is 0 Å². The third-order valence-corrected chi connectivity index (χ3v) is 3.40. The topological polar surface area (TPSA) is 40.2 Å². The number of halogens is 1. The van der Waals surface area contributed by atoms with Gasteiger partial charge in [0.25, 0.3) is 0 Å².